The third-order valence-corrected chi connectivity index (χ3v) is 2.95. The highest BCUT2D eigenvalue weighted by atomic mass is 35.5. The van der Waals surface area contributed by atoms with Crippen LogP contribution in [0.2, 0.25) is 0 Å². The Bertz CT molecular complexity index is 495. The van der Waals surface area contributed by atoms with E-state index in [0.717, 1.165) is 23.0 Å². The van der Waals surface area contributed by atoms with Crippen LogP contribution in [0.25, 0.3) is 10.8 Å². The number of fused-ring (bicyclic) bond motifs is 1. The Morgan fingerprint density at radius 2 is 2.22 bits per heavy atom. The molecule has 0 aliphatic carbocycles. The van der Waals surface area contributed by atoms with Crippen LogP contribution in [0.1, 0.15) is 6.42 Å². The Morgan fingerprint density at radius 1 is 1.39 bits per heavy atom. The van der Waals surface area contributed by atoms with E-state index in [4.69, 9.17) is 16.3 Å². The summed E-state index contributed by atoms with van der Waals surface area (Å²) in [5.41, 5.74) is 0. The second kappa shape index (κ2) is 6.52. The second-order valence-corrected chi connectivity index (χ2v) is 4.43. The molecular formula is C13H16ClN3O. The van der Waals surface area contributed by atoms with Gasteiger partial charge in [0.2, 0.25) is 0 Å². The van der Waals surface area contributed by atoms with Gasteiger partial charge < -0.3 is 10.1 Å². The highest BCUT2D eigenvalue weighted by Gasteiger charge is 2.10. The Balaban J connectivity index is 2.24. The molecule has 1 unspecified atom stereocenters. The molecule has 2 aromatic rings. The molecule has 0 bridgehead atoms. The van der Waals surface area contributed by atoms with Crippen LogP contribution in [0.15, 0.2) is 30.5 Å². The van der Waals surface area contributed by atoms with E-state index >= 15 is 0 Å². The zero-order chi connectivity index (χ0) is 12.8. The molecule has 96 valence electrons. The Hall–Kier alpha value is -1.39. The summed E-state index contributed by atoms with van der Waals surface area (Å²) in [4.78, 5) is 0. The van der Waals surface area contributed by atoms with Crippen molar-refractivity contribution in [2.45, 2.75) is 12.5 Å². The molecule has 0 aliphatic rings. The van der Waals surface area contributed by atoms with Crippen molar-refractivity contribution in [3.05, 3.63) is 30.5 Å². The van der Waals surface area contributed by atoms with E-state index < -0.39 is 0 Å². The highest BCUT2D eigenvalue weighted by Crippen LogP contribution is 2.20. The number of ether oxygens (including phenoxy) is 1. The van der Waals surface area contributed by atoms with E-state index in [1.165, 1.54) is 0 Å². The lowest BCUT2D eigenvalue weighted by Gasteiger charge is -2.17. The normalized spacial score (nSPS) is 12.6. The molecule has 4 nitrogen and oxygen atoms in total. The molecule has 2 rings (SSSR count). The van der Waals surface area contributed by atoms with Gasteiger partial charge in [-0.25, -0.2) is 0 Å². The van der Waals surface area contributed by atoms with Crippen LogP contribution in [0.4, 0.5) is 5.82 Å². The molecule has 1 aromatic carbocycles. The fraction of sp³-hybridized carbons (Fsp3) is 0.385. The molecule has 18 heavy (non-hydrogen) atoms. The van der Waals surface area contributed by atoms with Crippen LogP contribution >= 0.6 is 11.6 Å². The third-order valence-electron chi connectivity index (χ3n) is 2.74. The predicted octanol–water partition coefficient (Wildman–Crippen LogP) is 2.69. The number of nitrogens with one attached hydrogen (secondary N) is 1. The number of nitrogens with zero attached hydrogens (tertiary/aromatic N) is 2. The van der Waals surface area contributed by atoms with Gasteiger partial charge in [0.05, 0.1) is 18.8 Å². The first-order chi connectivity index (χ1) is 8.85. The summed E-state index contributed by atoms with van der Waals surface area (Å²) in [7, 11) is 1.68. The van der Waals surface area contributed by atoms with Crippen molar-refractivity contribution in [1.29, 1.82) is 0 Å². The topological polar surface area (TPSA) is 47.0 Å². The summed E-state index contributed by atoms with van der Waals surface area (Å²) in [6.45, 7) is 0.595. The molecule has 0 radical (unpaired) electrons. The fourth-order valence-electron chi connectivity index (χ4n) is 1.86. The van der Waals surface area contributed by atoms with Gasteiger partial charge in [0.1, 0.15) is 0 Å². The van der Waals surface area contributed by atoms with Gasteiger partial charge in [-0.2, -0.15) is 5.10 Å². The van der Waals surface area contributed by atoms with E-state index in [9.17, 15) is 0 Å². The predicted molar refractivity (Wildman–Crippen MR) is 74.2 cm³/mol. The van der Waals surface area contributed by atoms with Gasteiger partial charge in [0.25, 0.3) is 0 Å². The molecule has 0 spiro atoms. The van der Waals surface area contributed by atoms with Crippen LogP contribution in [0, 0.1) is 0 Å². The minimum absolute atomic E-state index is 0.146. The maximum Gasteiger partial charge on any atom is 0.156 e. The lowest BCUT2D eigenvalue weighted by atomic mass is 10.1. The first-order valence-corrected chi connectivity index (χ1v) is 6.40. The van der Waals surface area contributed by atoms with Crippen molar-refractivity contribution in [1.82, 2.24) is 10.2 Å². The summed E-state index contributed by atoms with van der Waals surface area (Å²) in [5, 5.41) is 13.6. The molecule has 1 atom stereocenters. The Labute approximate surface area is 111 Å². The summed E-state index contributed by atoms with van der Waals surface area (Å²) < 4.78 is 5.17. The number of rotatable bonds is 6. The maximum absolute atomic E-state index is 5.78. The maximum atomic E-state index is 5.78. The van der Waals surface area contributed by atoms with Gasteiger partial charge in [-0.05, 0) is 6.42 Å². The van der Waals surface area contributed by atoms with Crippen molar-refractivity contribution in [2.24, 2.45) is 0 Å². The molecule has 0 amide bonds. The average Bonchev–Trinajstić information content (AvgIpc) is 2.40. The lowest BCUT2D eigenvalue weighted by molar-refractivity contribution is 0.184. The smallest absolute Gasteiger partial charge is 0.156 e. The largest absolute Gasteiger partial charge is 0.383 e. The zero-order valence-corrected chi connectivity index (χ0v) is 11.0. The van der Waals surface area contributed by atoms with Crippen LogP contribution in [-0.4, -0.2) is 35.8 Å². The zero-order valence-electron chi connectivity index (χ0n) is 10.3. The molecule has 0 fully saturated rings. The average molecular weight is 266 g/mol. The number of alkyl halides is 1. The van der Waals surface area contributed by atoms with E-state index in [-0.39, 0.29) is 6.04 Å². The highest BCUT2D eigenvalue weighted by molar-refractivity contribution is 6.17. The molecule has 1 N–H and O–H groups in total. The minimum Gasteiger partial charge on any atom is -0.383 e. The van der Waals surface area contributed by atoms with E-state index in [2.05, 4.69) is 15.5 Å². The number of anilines is 1. The van der Waals surface area contributed by atoms with E-state index in [1.807, 2.05) is 24.3 Å². The van der Waals surface area contributed by atoms with Gasteiger partial charge >= 0.3 is 0 Å². The number of halogens is 1. The van der Waals surface area contributed by atoms with Crippen LogP contribution in [-0.2, 0) is 4.74 Å². The van der Waals surface area contributed by atoms with E-state index in [0.29, 0.717) is 12.5 Å². The SMILES string of the molecule is COCC(CCCl)Nc1nncc2ccccc12. The monoisotopic (exact) mass is 265 g/mol. The second-order valence-electron chi connectivity index (χ2n) is 4.05. The Kier molecular flexibility index (Phi) is 4.73. The summed E-state index contributed by atoms with van der Waals surface area (Å²) in [6, 6.07) is 8.16. The first kappa shape index (κ1) is 13.1. The van der Waals surface area contributed by atoms with Crippen molar-refractivity contribution in [2.75, 3.05) is 24.9 Å². The summed E-state index contributed by atoms with van der Waals surface area (Å²) in [5.74, 6) is 1.36. The molecular weight excluding hydrogens is 250 g/mol. The number of hydrogen-bond acceptors (Lipinski definition) is 4. The van der Waals surface area contributed by atoms with Gasteiger partial charge in [0, 0.05) is 23.8 Å². The molecule has 5 heteroatoms. The van der Waals surface area contributed by atoms with Crippen molar-refractivity contribution >= 4 is 28.2 Å². The van der Waals surface area contributed by atoms with Crippen LogP contribution < -0.4 is 5.32 Å². The lowest BCUT2D eigenvalue weighted by Crippen LogP contribution is -2.26. The van der Waals surface area contributed by atoms with Crippen molar-refractivity contribution in [3.8, 4) is 0 Å². The number of hydrogen-bond donors (Lipinski definition) is 1. The minimum atomic E-state index is 0.146. The molecule has 1 aromatic heterocycles. The molecule has 0 saturated carbocycles. The number of benzene rings is 1. The first-order valence-electron chi connectivity index (χ1n) is 5.87. The Morgan fingerprint density at radius 3 is 3.00 bits per heavy atom. The van der Waals surface area contributed by atoms with Gasteiger partial charge in [-0.1, -0.05) is 24.3 Å². The standard InChI is InChI=1S/C13H16ClN3O/c1-18-9-11(6-7-14)16-13-12-5-3-2-4-10(12)8-15-17-13/h2-5,8,11H,6-7,9H2,1H3,(H,16,17). The van der Waals surface area contributed by atoms with Gasteiger partial charge in [-0.15, -0.1) is 16.7 Å². The molecule has 0 aliphatic heterocycles. The summed E-state index contributed by atoms with van der Waals surface area (Å²) in [6.07, 6.45) is 2.58. The number of aromatic nitrogens is 2. The van der Waals surface area contributed by atoms with Crippen LogP contribution in [0.5, 0.6) is 0 Å². The van der Waals surface area contributed by atoms with E-state index in [1.54, 1.807) is 13.3 Å². The van der Waals surface area contributed by atoms with Gasteiger partial charge in [0.15, 0.2) is 5.82 Å². The van der Waals surface area contributed by atoms with Crippen LogP contribution in [0.3, 0.4) is 0 Å². The van der Waals surface area contributed by atoms with Gasteiger partial charge in [-0.3, -0.25) is 0 Å². The fourth-order valence-corrected chi connectivity index (χ4v) is 2.12. The van der Waals surface area contributed by atoms with Crippen molar-refractivity contribution < 1.29 is 4.74 Å². The van der Waals surface area contributed by atoms with Crippen molar-refractivity contribution in [3.63, 3.8) is 0 Å². The quantitative estimate of drug-likeness (QED) is 0.816. The molecule has 0 saturated heterocycles. The molecule has 1 heterocycles. The summed E-state index contributed by atoms with van der Waals surface area (Å²) >= 11 is 5.78. The number of methoxy groups -OCH3 is 1. The third kappa shape index (κ3) is 3.09.